The van der Waals surface area contributed by atoms with Gasteiger partial charge < -0.3 is 15.8 Å². The highest BCUT2D eigenvalue weighted by molar-refractivity contribution is 5.37. The summed E-state index contributed by atoms with van der Waals surface area (Å²) in [5.41, 5.74) is 6.19. The Kier molecular flexibility index (Phi) is 4.42. The van der Waals surface area contributed by atoms with Crippen LogP contribution in [0.25, 0.3) is 0 Å². The smallest absolute Gasteiger partial charge is 0.215 e. The van der Waals surface area contributed by atoms with Crippen molar-refractivity contribution in [1.29, 1.82) is 0 Å². The predicted molar refractivity (Wildman–Crippen MR) is 73.9 cm³/mol. The van der Waals surface area contributed by atoms with E-state index in [2.05, 4.69) is 10.3 Å². The number of ether oxygens (including phenoxy) is 1. The molecule has 1 aromatic rings. The fourth-order valence-corrected chi connectivity index (χ4v) is 2.60. The molecule has 18 heavy (non-hydrogen) atoms. The zero-order chi connectivity index (χ0) is 12.8. The second kappa shape index (κ2) is 6.05. The van der Waals surface area contributed by atoms with Crippen molar-refractivity contribution in [2.24, 2.45) is 11.1 Å². The van der Waals surface area contributed by atoms with Gasteiger partial charge in [-0.05, 0) is 37.8 Å². The zero-order valence-electron chi connectivity index (χ0n) is 11.1. The molecule has 1 saturated carbocycles. The largest absolute Gasteiger partial charge is 0.478 e. The van der Waals surface area contributed by atoms with Crippen LogP contribution in [-0.2, 0) is 0 Å². The van der Waals surface area contributed by atoms with Crippen molar-refractivity contribution in [3.8, 4) is 5.88 Å². The highest BCUT2D eigenvalue weighted by atomic mass is 16.5. The lowest BCUT2D eigenvalue weighted by atomic mass is 9.86. The van der Waals surface area contributed by atoms with Crippen molar-refractivity contribution < 1.29 is 4.74 Å². The van der Waals surface area contributed by atoms with Crippen LogP contribution in [-0.4, -0.2) is 24.7 Å². The molecule has 0 saturated heterocycles. The standard InChI is InChI=1S/C14H23N3O/c1-2-18-13-7-5-6-12(17-13)16-11-14(10-15)8-3-4-9-14/h5-7H,2-4,8-11,15H2,1H3,(H,16,17). The number of rotatable bonds is 6. The van der Waals surface area contributed by atoms with Gasteiger partial charge in [0.15, 0.2) is 0 Å². The van der Waals surface area contributed by atoms with E-state index in [-0.39, 0.29) is 5.41 Å². The highest BCUT2D eigenvalue weighted by Gasteiger charge is 2.32. The maximum atomic E-state index is 5.93. The fraction of sp³-hybridized carbons (Fsp3) is 0.643. The third-order valence-corrected chi connectivity index (χ3v) is 3.76. The lowest BCUT2D eigenvalue weighted by Crippen LogP contribution is -2.34. The van der Waals surface area contributed by atoms with Crippen LogP contribution < -0.4 is 15.8 Å². The minimum atomic E-state index is 0.267. The Morgan fingerprint density at radius 1 is 1.39 bits per heavy atom. The van der Waals surface area contributed by atoms with E-state index in [1.807, 2.05) is 25.1 Å². The molecule has 1 heterocycles. The number of nitrogens with two attached hydrogens (primary N) is 1. The summed E-state index contributed by atoms with van der Waals surface area (Å²) in [6.07, 6.45) is 5.04. The number of hydrogen-bond acceptors (Lipinski definition) is 4. The molecule has 2 rings (SSSR count). The molecular weight excluding hydrogens is 226 g/mol. The quantitative estimate of drug-likeness (QED) is 0.813. The van der Waals surface area contributed by atoms with Crippen molar-refractivity contribution >= 4 is 5.82 Å². The molecule has 1 aliphatic rings. The third kappa shape index (κ3) is 3.13. The van der Waals surface area contributed by atoms with Crippen LogP contribution in [0.1, 0.15) is 32.6 Å². The normalized spacial score (nSPS) is 17.7. The number of nitrogens with zero attached hydrogens (tertiary/aromatic N) is 1. The molecule has 0 spiro atoms. The number of aromatic nitrogens is 1. The van der Waals surface area contributed by atoms with Gasteiger partial charge in [0.2, 0.25) is 5.88 Å². The average molecular weight is 249 g/mol. The summed E-state index contributed by atoms with van der Waals surface area (Å²) in [5, 5.41) is 3.41. The van der Waals surface area contributed by atoms with Gasteiger partial charge in [-0.15, -0.1) is 0 Å². The first-order valence-corrected chi connectivity index (χ1v) is 6.82. The van der Waals surface area contributed by atoms with Gasteiger partial charge in [-0.1, -0.05) is 18.9 Å². The average Bonchev–Trinajstić information content (AvgIpc) is 2.87. The van der Waals surface area contributed by atoms with Crippen molar-refractivity contribution in [1.82, 2.24) is 4.98 Å². The zero-order valence-corrected chi connectivity index (χ0v) is 11.1. The van der Waals surface area contributed by atoms with Gasteiger partial charge in [0.1, 0.15) is 5.82 Å². The molecule has 4 nitrogen and oxygen atoms in total. The topological polar surface area (TPSA) is 60.2 Å². The molecule has 100 valence electrons. The number of pyridine rings is 1. The summed E-state index contributed by atoms with van der Waals surface area (Å²) >= 11 is 0. The first kappa shape index (κ1) is 13.1. The lowest BCUT2D eigenvalue weighted by molar-refractivity contribution is 0.324. The van der Waals surface area contributed by atoms with Crippen molar-refractivity contribution in [3.05, 3.63) is 18.2 Å². The second-order valence-corrected chi connectivity index (χ2v) is 5.06. The van der Waals surface area contributed by atoms with E-state index in [4.69, 9.17) is 10.5 Å². The van der Waals surface area contributed by atoms with E-state index >= 15 is 0 Å². The van der Waals surface area contributed by atoms with E-state index in [1.165, 1.54) is 25.7 Å². The van der Waals surface area contributed by atoms with Gasteiger partial charge in [-0.3, -0.25) is 0 Å². The Bertz CT molecular complexity index is 375. The second-order valence-electron chi connectivity index (χ2n) is 5.06. The summed E-state index contributed by atoms with van der Waals surface area (Å²) in [6.45, 7) is 4.27. The van der Waals surface area contributed by atoms with Crippen LogP contribution in [0.3, 0.4) is 0 Å². The summed E-state index contributed by atoms with van der Waals surface area (Å²) in [4.78, 5) is 4.41. The van der Waals surface area contributed by atoms with Crippen molar-refractivity contribution in [2.45, 2.75) is 32.6 Å². The maximum absolute atomic E-state index is 5.93. The van der Waals surface area contributed by atoms with Crippen LogP contribution in [0.5, 0.6) is 5.88 Å². The van der Waals surface area contributed by atoms with Crippen LogP contribution in [0.4, 0.5) is 5.82 Å². The van der Waals surface area contributed by atoms with Gasteiger partial charge in [0.05, 0.1) is 6.61 Å². The summed E-state index contributed by atoms with van der Waals surface area (Å²) in [5.74, 6) is 1.55. The lowest BCUT2D eigenvalue weighted by Gasteiger charge is -2.27. The number of anilines is 1. The number of hydrogen-bond donors (Lipinski definition) is 2. The fourth-order valence-electron chi connectivity index (χ4n) is 2.60. The molecule has 0 amide bonds. The Balaban J connectivity index is 1.94. The summed E-state index contributed by atoms with van der Waals surface area (Å²) in [7, 11) is 0. The van der Waals surface area contributed by atoms with Gasteiger partial charge in [-0.2, -0.15) is 4.98 Å². The first-order valence-electron chi connectivity index (χ1n) is 6.82. The molecule has 3 N–H and O–H groups in total. The molecule has 0 radical (unpaired) electrons. The van der Waals surface area contributed by atoms with E-state index < -0.39 is 0 Å². The minimum absolute atomic E-state index is 0.267. The maximum Gasteiger partial charge on any atom is 0.215 e. The number of nitrogens with one attached hydrogen (secondary N) is 1. The molecule has 1 aromatic heterocycles. The van der Waals surface area contributed by atoms with E-state index in [0.29, 0.717) is 12.5 Å². The molecule has 4 heteroatoms. The Hall–Kier alpha value is -1.29. The van der Waals surface area contributed by atoms with Crippen LogP contribution in [0.2, 0.25) is 0 Å². The van der Waals surface area contributed by atoms with Gasteiger partial charge in [0, 0.05) is 12.6 Å². The molecule has 1 aliphatic carbocycles. The molecule has 0 atom stereocenters. The monoisotopic (exact) mass is 249 g/mol. The van der Waals surface area contributed by atoms with Crippen molar-refractivity contribution in [2.75, 3.05) is 25.0 Å². The van der Waals surface area contributed by atoms with Crippen LogP contribution >= 0.6 is 0 Å². The SMILES string of the molecule is CCOc1cccc(NCC2(CN)CCCC2)n1. The third-order valence-electron chi connectivity index (χ3n) is 3.76. The van der Waals surface area contributed by atoms with Crippen molar-refractivity contribution in [3.63, 3.8) is 0 Å². The molecule has 1 fully saturated rings. The van der Waals surface area contributed by atoms with Crippen LogP contribution in [0, 0.1) is 5.41 Å². The molecule has 0 aliphatic heterocycles. The molecule has 0 unspecified atom stereocenters. The van der Waals surface area contributed by atoms with E-state index in [0.717, 1.165) is 18.9 Å². The minimum Gasteiger partial charge on any atom is -0.478 e. The Morgan fingerprint density at radius 2 is 2.17 bits per heavy atom. The highest BCUT2D eigenvalue weighted by Crippen LogP contribution is 2.37. The van der Waals surface area contributed by atoms with Crippen LogP contribution in [0.15, 0.2) is 18.2 Å². The van der Waals surface area contributed by atoms with Gasteiger partial charge in [0.25, 0.3) is 0 Å². The van der Waals surface area contributed by atoms with E-state index in [9.17, 15) is 0 Å². The Labute approximate surface area is 109 Å². The molecule has 0 bridgehead atoms. The molecular formula is C14H23N3O. The first-order chi connectivity index (χ1) is 8.78. The summed E-state index contributed by atoms with van der Waals surface area (Å²) in [6, 6.07) is 5.81. The summed E-state index contributed by atoms with van der Waals surface area (Å²) < 4.78 is 5.39. The van der Waals surface area contributed by atoms with Gasteiger partial charge in [-0.25, -0.2) is 0 Å². The predicted octanol–water partition coefficient (Wildman–Crippen LogP) is 2.41. The Morgan fingerprint density at radius 3 is 2.83 bits per heavy atom. The van der Waals surface area contributed by atoms with E-state index in [1.54, 1.807) is 0 Å². The van der Waals surface area contributed by atoms with Gasteiger partial charge >= 0.3 is 0 Å². The molecule has 0 aromatic carbocycles.